The number of halogens is 2. The molecule has 1 saturated carbocycles. The third-order valence-electron chi connectivity index (χ3n) is 3.89. The minimum absolute atomic E-state index is 0.494. The fourth-order valence-corrected chi connectivity index (χ4v) is 2.63. The molecule has 0 amide bonds. The molecule has 1 aromatic carbocycles. The lowest BCUT2D eigenvalue weighted by atomic mass is 10.1. The van der Waals surface area contributed by atoms with Gasteiger partial charge in [0.2, 0.25) is 0 Å². The fourth-order valence-electron chi connectivity index (χ4n) is 2.63. The van der Waals surface area contributed by atoms with Crippen LogP contribution in [0.3, 0.4) is 0 Å². The largest absolute Gasteiger partial charge is 0.330 e. The third kappa shape index (κ3) is 2.58. The molecule has 1 aliphatic rings. The maximum atomic E-state index is 13.2. The van der Waals surface area contributed by atoms with Crippen molar-refractivity contribution in [3.8, 4) is 5.69 Å². The van der Waals surface area contributed by atoms with Crippen LogP contribution in [0.4, 0.5) is 8.78 Å². The Labute approximate surface area is 116 Å². The Morgan fingerprint density at radius 3 is 2.90 bits per heavy atom. The first-order chi connectivity index (χ1) is 9.69. The Morgan fingerprint density at radius 1 is 1.30 bits per heavy atom. The number of benzene rings is 1. The van der Waals surface area contributed by atoms with E-state index in [4.69, 9.17) is 5.73 Å². The number of nitrogens with two attached hydrogens (primary N) is 1. The Hall–Kier alpha value is -1.75. The summed E-state index contributed by atoms with van der Waals surface area (Å²) in [4.78, 5) is 4.38. The molecule has 20 heavy (non-hydrogen) atoms. The summed E-state index contributed by atoms with van der Waals surface area (Å²) in [6, 6.07) is 3.85. The van der Waals surface area contributed by atoms with Gasteiger partial charge in [-0.15, -0.1) is 0 Å². The van der Waals surface area contributed by atoms with E-state index in [1.807, 2.05) is 6.20 Å². The highest BCUT2D eigenvalue weighted by Crippen LogP contribution is 2.49. The van der Waals surface area contributed by atoms with Crippen molar-refractivity contribution in [2.75, 3.05) is 6.54 Å². The molecule has 0 spiro atoms. The molecular weight excluding hydrogens is 260 g/mol. The highest BCUT2D eigenvalue weighted by atomic mass is 19.2. The van der Waals surface area contributed by atoms with Gasteiger partial charge in [0.25, 0.3) is 0 Å². The molecule has 3 nitrogen and oxygen atoms in total. The Kier molecular flexibility index (Phi) is 3.53. The quantitative estimate of drug-likeness (QED) is 0.913. The highest BCUT2D eigenvalue weighted by Gasteiger charge is 2.39. The zero-order valence-corrected chi connectivity index (χ0v) is 11.1. The average Bonchev–Trinajstić information content (AvgIpc) is 3.05. The monoisotopic (exact) mass is 277 g/mol. The summed E-state index contributed by atoms with van der Waals surface area (Å²) < 4.78 is 27.9. The fraction of sp³-hybridized carbons (Fsp3) is 0.400. The molecule has 2 atom stereocenters. The van der Waals surface area contributed by atoms with Gasteiger partial charge in [0.05, 0.1) is 12.0 Å². The first-order valence-electron chi connectivity index (χ1n) is 6.88. The summed E-state index contributed by atoms with van der Waals surface area (Å²) in [6.07, 6.45) is 6.89. The minimum atomic E-state index is -0.843. The van der Waals surface area contributed by atoms with E-state index in [1.54, 1.807) is 17.0 Å². The van der Waals surface area contributed by atoms with Gasteiger partial charge in [-0.2, -0.15) is 0 Å². The summed E-state index contributed by atoms with van der Waals surface area (Å²) in [5.74, 6) is -0.511. The van der Waals surface area contributed by atoms with Crippen LogP contribution in [0.1, 0.15) is 30.9 Å². The lowest BCUT2D eigenvalue weighted by Gasteiger charge is -2.02. The second-order valence-electron chi connectivity index (χ2n) is 5.34. The van der Waals surface area contributed by atoms with Gasteiger partial charge < -0.3 is 10.3 Å². The minimum Gasteiger partial charge on any atom is -0.330 e. The van der Waals surface area contributed by atoms with Crippen molar-refractivity contribution in [3.63, 3.8) is 0 Å². The lowest BCUT2D eigenvalue weighted by molar-refractivity contribution is 0.508. The van der Waals surface area contributed by atoms with Crippen molar-refractivity contribution >= 4 is 0 Å². The van der Waals surface area contributed by atoms with Crippen molar-refractivity contribution < 1.29 is 8.78 Å². The Morgan fingerprint density at radius 2 is 2.15 bits per heavy atom. The smallest absolute Gasteiger partial charge is 0.160 e. The number of rotatable bonds is 5. The van der Waals surface area contributed by atoms with Gasteiger partial charge in [0, 0.05) is 23.9 Å². The van der Waals surface area contributed by atoms with Gasteiger partial charge >= 0.3 is 0 Å². The summed E-state index contributed by atoms with van der Waals surface area (Å²) in [7, 11) is 0. The van der Waals surface area contributed by atoms with Crippen LogP contribution in [-0.2, 0) is 0 Å². The van der Waals surface area contributed by atoms with Crippen LogP contribution in [0, 0.1) is 17.6 Å². The van der Waals surface area contributed by atoms with Crippen molar-refractivity contribution in [2.45, 2.75) is 25.2 Å². The van der Waals surface area contributed by atoms with Crippen LogP contribution >= 0.6 is 0 Å². The van der Waals surface area contributed by atoms with E-state index in [2.05, 4.69) is 4.98 Å². The van der Waals surface area contributed by atoms with Crippen molar-refractivity contribution in [2.24, 2.45) is 11.7 Å². The Bertz CT molecular complexity index is 609. The van der Waals surface area contributed by atoms with Gasteiger partial charge in [0.1, 0.15) is 0 Å². The maximum absolute atomic E-state index is 13.2. The topological polar surface area (TPSA) is 43.8 Å². The molecular formula is C15H17F2N3. The third-order valence-corrected chi connectivity index (χ3v) is 3.89. The molecule has 0 saturated heterocycles. The van der Waals surface area contributed by atoms with Crippen molar-refractivity contribution in [1.82, 2.24) is 9.55 Å². The van der Waals surface area contributed by atoms with E-state index >= 15 is 0 Å². The Balaban J connectivity index is 1.72. The van der Waals surface area contributed by atoms with Gasteiger partial charge in [-0.1, -0.05) is 0 Å². The molecule has 2 aromatic rings. The maximum Gasteiger partial charge on any atom is 0.160 e. The summed E-state index contributed by atoms with van der Waals surface area (Å²) in [5, 5.41) is 0. The summed E-state index contributed by atoms with van der Waals surface area (Å²) >= 11 is 0. The van der Waals surface area contributed by atoms with Crippen molar-refractivity contribution in [1.29, 1.82) is 0 Å². The first-order valence-corrected chi connectivity index (χ1v) is 6.88. The molecule has 2 unspecified atom stereocenters. The van der Waals surface area contributed by atoms with Crippen LogP contribution in [0.2, 0.25) is 0 Å². The molecule has 5 heteroatoms. The van der Waals surface area contributed by atoms with Crippen LogP contribution in [0.5, 0.6) is 0 Å². The molecule has 1 aromatic heterocycles. The first kappa shape index (κ1) is 13.2. The lowest BCUT2D eigenvalue weighted by Crippen LogP contribution is -1.98. The predicted octanol–water partition coefficient (Wildman–Crippen LogP) is 2.99. The van der Waals surface area contributed by atoms with Crippen molar-refractivity contribution in [3.05, 3.63) is 48.1 Å². The summed E-state index contributed by atoms with van der Waals surface area (Å²) in [6.45, 7) is 0.729. The molecule has 1 aliphatic carbocycles. The number of hydrogen-bond acceptors (Lipinski definition) is 2. The van der Waals surface area contributed by atoms with E-state index in [-0.39, 0.29) is 0 Å². The van der Waals surface area contributed by atoms with Crippen LogP contribution in [-0.4, -0.2) is 16.1 Å². The highest BCUT2D eigenvalue weighted by molar-refractivity contribution is 5.34. The standard InChI is InChI=1S/C15H17F2N3/c16-13-4-3-11(7-14(13)17)20-8-15(19-9-20)12-6-10(12)2-1-5-18/h3-4,7-10,12H,1-2,5-6,18H2. The van der Waals surface area contributed by atoms with E-state index in [0.29, 0.717) is 17.5 Å². The zero-order chi connectivity index (χ0) is 14.1. The summed E-state index contributed by atoms with van der Waals surface area (Å²) in [5.41, 5.74) is 7.12. The molecule has 0 bridgehead atoms. The number of imidazole rings is 1. The molecule has 3 rings (SSSR count). The van der Waals surface area contributed by atoms with E-state index in [0.717, 1.165) is 37.6 Å². The van der Waals surface area contributed by atoms with Crippen LogP contribution in [0.25, 0.3) is 5.69 Å². The van der Waals surface area contributed by atoms with Gasteiger partial charge in [-0.25, -0.2) is 13.8 Å². The molecule has 0 aliphatic heterocycles. The van der Waals surface area contributed by atoms with Crippen LogP contribution in [0.15, 0.2) is 30.7 Å². The van der Waals surface area contributed by atoms with Crippen LogP contribution < -0.4 is 5.73 Å². The predicted molar refractivity (Wildman–Crippen MR) is 72.6 cm³/mol. The second kappa shape index (κ2) is 5.32. The second-order valence-corrected chi connectivity index (χ2v) is 5.34. The zero-order valence-electron chi connectivity index (χ0n) is 11.1. The molecule has 1 heterocycles. The molecule has 1 fully saturated rings. The van der Waals surface area contributed by atoms with Gasteiger partial charge in [0.15, 0.2) is 11.6 Å². The molecule has 0 radical (unpaired) electrons. The number of hydrogen-bond donors (Lipinski definition) is 1. The average molecular weight is 277 g/mol. The van der Waals surface area contributed by atoms with E-state index in [1.165, 1.54) is 6.07 Å². The normalized spacial score (nSPS) is 21.1. The molecule has 2 N–H and O–H groups in total. The SMILES string of the molecule is NCCCC1CC1c1cn(-c2ccc(F)c(F)c2)cn1. The molecule has 106 valence electrons. The number of nitrogens with zero attached hydrogens (tertiary/aromatic N) is 2. The van der Waals surface area contributed by atoms with E-state index in [9.17, 15) is 8.78 Å². The van der Waals surface area contributed by atoms with E-state index < -0.39 is 11.6 Å². The number of aromatic nitrogens is 2. The van der Waals surface area contributed by atoms with Gasteiger partial charge in [-0.05, 0) is 43.9 Å². The van der Waals surface area contributed by atoms with Gasteiger partial charge in [-0.3, -0.25) is 0 Å².